The fraction of sp³-hybridized carbons (Fsp3) is 0.333. The van der Waals surface area contributed by atoms with Gasteiger partial charge in [0.25, 0.3) is 0 Å². The minimum atomic E-state index is -0.437. The molecule has 172 valence electrons. The molecule has 6 nitrogen and oxygen atoms in total. The number of carbonyl (C=O) groups is 2. The van der Waals surface area contributed by atoms with Crippen molar-refractivity contribution in [1.82, 2.24) is 5.32 Å². The first-order valence-corrected chi connectivity index (χ1v) is 11.3. The van der Waals surface area contributed by atoms with E-state index in [4.69, 9.17) is 9.47 Å². The van der Waals surface area contributed by atoms with Crippen LogP contribution in [0.4, 0.5) is 5.69 Å². The van der Waals surface area contributed by atoms with Crippen molar-refractivity contribution in [1.29, 1.82) is 0 Å². The van der Waals surface area contributed by atoms with Crippen LogP contribution in [0.1, 0.15) is 37.7 Å². The fourth-order valence-electron chi connectivity index (χ4n) is 4.44. The predicted molar refractivity (Wildman–Crippen MR) is 128 cm³/mol. The highest BCUT2D eigenvalue weighted by molar-refractivity contribution is 6.03. The fourth-order valence-corrected chi connectivity index (χ4v) is 4.44. The maximum Gasteiger partial charge on any atom is 0.336 e. The standard InChI is InChI=1S/C27H30N2O4/c1-18-24(27(31)33-17-16-32-21-8-5-4-6-9-21)25(19-12-14-20(15-13-19)29(2)3)26-22(28-18)10-7-11-23(26)30/h4-6,8-9,12-15,25,28H,7,10-11,16-17H2,1-3H3. The highest BCUT2D eigenvalue weighted by Crippen LogP contribution is 2.42. The van der Waals surface area contributed by atoms with Gasteiger partial charge in [0.2, 0.25) is 0 Å². The molecule has 0 saturated heterocycles. The number of rotatable bonds is 7. The summed E-state index contributed by atoms with van der Waals surface area (Å²) < 4.78 is 11.2. The molecule has 0 fully saturated rings. The van der Waals surface area contributed by atoms with Crippen molar-refractivity contribution in [3.8, 4) is 5.75 Å². The predicted octanol–water partition coefficient (Wildman–Crippen LogP) is 4.34. The molecule has 1 atom stereocenters. The van der Waals surface area contributed by atoms with E-state index in [1.54, 1.807) is 0 Å². The van der Waals surface area contributed by atoms with E-state index in [1.807, 2.05) is 80.5 Å². The van der Waals surface area contributed by atoms with Gasteiger partial charge in [0, 0.05) is 49.1 Å². The number of anilines is 1. The van der Waals surface area contributed by atoms with Crippen LogP contribution >= 0.6 is 0 Å². The van der Waals surface area contributed by atoms with Crippen LogP contribution in [-0.2, 0) is 14.3 Å². The van der Waals surface area contributed by atoms with E-state index < -0.39 is 11.9 Å². The number of ketones is 1. The first kappa shape index (κ1) is 22.6. The van der Waals surface area contributed by atoms with Crippen molar-refractivity contribution >= 4 is 17.4 Å². The van der Waals surface area contributed by atoms with Gasteiger partial charge in [-0.05, 0) is 49.6 Å². The molecule has 4 rings (SSSR count). The normalized spacial score (nSPS) is 17.9. The molecule has 2 aromatic carbocycles. The maximum absolute atomic E-state index is 13.2. The number of para-hydroxylation sites is 1. The number of Topliss-reactive ketones (excluding diaryl/α,β-unsaturated/α-hetero) is 1. The Morgan fingerprint density at radius 3 is 2.45 bits per heavy atom. The Hall–Kier alpha value is -3.54. The van der Waals surface area contributed by atoms with Gasteiger partial charge in [-0.25, -0.2) is 4.79 Å². The van der Waals surface area contributed by atoms with E-state index >= 15 is 0 Å². The first-order chi connectivity index (χ1) is 16.0. The summed E-state index contributed by atoms with van der Waals surface area (Å²) in [6.07, 6.45) is 2.12. The third-order valence-corrected chi connectivity index (χ3v) is 6.07. The number of allylic oxidation sites excluding steroid dienone is 3. The first-order valence-electron chi connectivity index (χ1n) is 11.3. The quantitative estimate of drug-likeness (QED) is 0.504. The number of carbonyl (C=O) groups excluding carboxylic acids is 2. The molecule has 2 aliphatic rings. The Morgan fingerprint density at radius 2 is 1.76 bits per heavy atom. The minimum absolute atomic E-state index is 0.0932. The van der Waals surface area contributed by atoms with Crippen LogP contribution in [0, 0.1) is 0 Å². The largest absolute Gasteiger partial charge is 0.490 e. The van der Waals surface area contributed by atoms with E-state index in [1.165, 1.54) is 0 Å². The van der Waals surface area contributed by atoms with Crippen molar-refractivity contribution in [2.75, 3.05) is 32.2 Å². The third-order valence-electron chi connectivity index (χ3n) is 6.07. The number of nitrogens with one attached hydrogen (secondary N) is 1. The van der Waals surface area contributed by atoms with E-state index in [-0.39, 0.29) is 19.0 Å². The summed E-state index contributed by atoms with van der Waals surface area (Å²) >= 11 is 0. The topological polar surface area (TPSA) is 67.9 Å². The smallest absolute Gasteiger partial charge is 0.336 e. The molecular weight excluding hydrogens is 416 g/mol. The van der Waals surface area contributed by atoms with Crippen LogP contribution in [-0.4, -0.2) is 39.1 Å². The van der Waals surface area contributed by atoms with Crippen molar-refractivity contribution in [3.63, 3.8) is 0 Å². The van der Waals surface area contributed by atoms with Crippen LogP contribution in [0.25, 0.3) is 0 Å². The summed E-state index contributed by atoms with van der Waals surface area (Å²) in [5.41, 5.74) is 4.81. The second-order valence-electron chi connectivity index (χ2n) is 8.55. The van der Waals surface area contributed by atoms with Crippen LogP contribution in [0.5, 0.6) is 5.75 Å². The van der Waals surface area contributed by atoms with E-state index in [0.717, 1.165) is 41.2 Å². The number of dihydropyridines is 1. The highest BCUT2D eigenvalue weighted by atomic mass is 16.6. The van der Waals surface area contributed by atoms with Gasteiger partial charge in [-0.2, -0.15) is 0 Å². The van der Waals surface area contributed by atoms with Crippen molar-refractivity contribution in [2.24, 2.45) is 0 Å². The van der Waals surface area contributed by atoms with Crippen LogP contribution < -0.4 is 15.0 Å². The maximum atomic E-state index is 13.2. The molecule has 0 spiro atoms. The van der Waals surface area contributed by atoms with E-state index in [9.17, 15) is 9.59 Å². The number of ether oxygens (including phenoxy) is 2. The Bertz CT molecular complexity index is 1080. The molecule has 2 aromatic rings. The summed E-state index contributed by atoms with van der Waals surface area (Å²) in [6, 6.07) is 17.4. The molecule has 0 aromatic heterocycles. The van der Waals surface area contributed by atoms with Gasteiger partial charge in [0.15, 0.2) is 5.78 Å². The lowest BCUT2D eigenvalue weighted by atomic mass is 9.75. The van der Waals surface area contributed by atoms with E-state index in [0.29, 0.717) is 17.6 Å². The molecule has 33 heavy (non-hydrogen) atoms. The SMILES string of the molecule is CC1=C(C(=O)OCCOc2ccccc2)C(c2ccc(N(C)C)cc2)C2=C(CCCC2=O)N1. The monoisotopic (exact) mass is 446 g/mol. The zero-order chi connectivity index (χ0) is 23.4. The summed E-state index contributed by atoms with van der Waals surface area (Å²) in [7, 11) is 3.96. The third kappa shape index (κ3) is 4.95. The molecule has 0 saturated carbocycles. The Kier molecular flexibility index (Phi) is 6.82. The van der Waals surface area contributed by atoms with Crippen molar-refractivity contribution < 1.29 is 19.1 Å². The molecule has 1 heterocycles. The molecule has 0 radical (unpaired) electrons. The zero-order valence-electron chi connectivity index (χ0n) is 19.4. The Labute approximate surface area is 194 Å². The second-order valence-corrected chi connectivity index (χ2v) is 8.55. The van der Waals surface area contributed by atoms with Gasteiger partial charge >= 0.3 is 5.97 Å². The summed E-state index contributed by atoms with van der Waals surface area (Å²) in [6.45, 7) is 2.25. The molecule has 1 unspecified atom stereocenters. The highest BCUT2D eigenvalue weighted by Gasteiger charge is 2.39. The number of hydrogen-bond acceptors (Lipinski definition) is 6. The molecule has 6 heteroatoms. The summed E-state index contributed by atoms with van der Waals surface area (Å²) in [5.74, 6) is -0.0449. The summed E-state index contributed by atoms with van der Waals surface area (Å²) in [4.78, 5) is 28.2. The van der Waals surface area contributed by atoms with Gasteiger partial charge in [-0.15, -0.1) is 0 Å². The lowest BCUT2D eigenvalue weighted by molar-refractivity contribution is -0.140. The Morgan fingerprint density at radius 1 is 1.03 bits per heavy atom. The molecule has 1 aliphatic heterocycles. The molecule has 1 aliphatic carbocycles. The second kappa shape index (κ2) is 9.94. The minimum Gasteiger partial charge on any atom is -0.490 e. The van der Waals surface area contributed by atoms with Crippen molar-refractivity contribution in [3.05, 3.63) is 82.7 Å². The zero-order valence-corrected chi connectivity index (χ0v) is 19.4. The number of benzene rings is 2. The average Bonchev–Trinajstić information content (AvgIpc) is 2.81. The van der Waals surface area contributed by atoms with E-state index in [2.05, 4.69) is 5.32 Å². The van der Waals surface area contributed by atoms with Crippen LogP contribution in [0.3, 0.4) is 0 Å². The number of esters is 1. The summed E-state index contributed by atoms with van der Waals surface area (Å²) in [5, 5.41) is 3.32. The van der Waals surface area contributed by atoms with Crippen LogP contribution in [0.2, 0.25) is 0 Å². The van der Waals surface area contributed by atoms with Gasteiger partial charge in [0.05, 0.1) is 5.57 Å². The molecule has 1 N–H and O–H groups in total. The number of hydrogen-bond donors (Lipinski definition) is 1. The molecular formula is C27H30N2O4. The van der Waals surface area contributed by atoms with Gasteiger partial charge in [-0.1, -0.05) is 30.3 Å². The van der Waals surface area contributed by atoms with Crippen molar-refractivity contribution in [2.45, 2.75) is 32.1 Å². The van der Waals surface area contributed by atoms with Gasteiger partial charge in [0.1, 0.15) is 19.0 Å². The number of nitrogens with zero attached hydrogens (tertiary/aromatic N) is 1. The lowest BCUT2D eigenvalue weighted by Gasteiger charge is -2.34. The van der Waals surface area contributed by atoms with Crippen LogP contribution in [0.15, 0.2) is 77.1 Å². The van der Waals surface area contributed by atoms with Gasteiger partial charge in [-0.3, -0.25) is 4.79 Å². The molecule has 0 amide bonds. The Balaban J connectivity index is 1.57. The lowest BCUT2D eigenvalue weighted by Crippen LogP contribution is -2.34. The molecule has 0 bridgehead atoms. The van der Waals surface area contributed by atoms with Gasteiger partial charge < -0.3 is 19.7 Å². The average molecular weight is 447 g/mol.